The smallest absolute Gasteiger partial charge is 0.341 e. The average Bonchev–Trinajstić information content (AvgIpc) is 3.34. The molecule has 2 aromatic rings. The molecule has 0 bridgehead atoms. The third kappa shape index (κ3) is 4.66. The Kier molecular flexibility index (Phi) is 7.12. The van der Waals surface area contributed by atoms with Crippen molar-refractivity contribution in [1.29, 1.82) is 0 Å². The number of benzene rings is 1. The zero-order chi connectivity index (χ0) is 21.8. The second-order valence-electron chi connectivity index (χ2n) is 7.23. The van der Waals surface area contributed by atoms with Gasteiger partial charge in [0.15, 0.2) is 0 Å². The Hall–Kier alpha value is -2.42. The predicted octanol–water partition coefficient (Wildman–Crippen LogP) is 3.35. The molecule has 2 heterocycles. The fourth-order valence-electron chi connectivity index (χ4n) is 3.58. The van der Waals surface area contributed by atoms with E-state index < -0.39 is 5.97 Å². The van der Waals surface area contributed by atoms with Crippen molar-refractivity contribution in [3.63, 3.8) is 0 Å². The van der Waals surface area contributed by atoms with Crippen molar-refractivity contribution in [2.45, 2.75) is 18.9 Å². The van der Waals surface area contributed by atoms with Gasteiger partial charge in [-0.05, 0) is 25.5 Å². The highest BCUT2D eigenvalue weighted by molar-refractivity contribution is 7.15. The van der Waals surface area contributed by atoms with Crippen LogP contribution < -0.4 is 5.32 Å². The summed E-state index contributed by atoms with van der Waals surface area (Å²) in [6.07, 6.45) is 1.59. The second kappa shape index (κ2) is 9.59. The summed E-state index contributed by atoms with van der Waals surface area (Å²) < 4.78 is 4.94. The monoisotopic (exact) mass is 449 g/mol. The van der Waals surface area contributed by atoms with Crippen LogP contribution in [0.3, 0.4) is 0 Å². The molecule has 1 aromatic heterocycles. The van der Waals surface area contributed by atoms with Gasteiger partial charge in [-0.15, -0.1) is 11.3 Å². The molecule has 1 fully saturated rings. The molecule has 0 spiro atoms. The molecule has 3 rings (SSSR count). The maximum absolute atomic E-state index is 12.7. The zero-order valence-corrected chi connectivity index (χ0v) is 18.7. The summed E-state index contributed by atoms with van der Waals surface area (Å²) in [6, 6.07) is 6.88. The van der Waals surface area contributed by atoms with E-state index in [0.717, 1.165) is 12.8 Å². The van der Waals surface area contributed by atoms with Crippen LogP contribution in [-0.2, 0) is 14.3 Å². The minimum atomic E-state index is -0.552. The largest absolute Gasteiger partial charge is 0.465 e. The molecule has 160 valence electrons. The molecule has 1 N–H and O–H groups in total. The van der Waals surface area contributed by atoms with Crippen LogP contribution in [0.4, 0.5) is 5.00 Å². The quantitative estimate of drug-likeness (QED) is 0.684. The van der Waals surface area contributed by atoms with E-state index in [1.165, 1.54) is 18.4 Å². The van der Waals surface area contributed by atoms with Crippen molar-refractivity contribution >= 4 is 45.7 Å². The van der Waals surface area contributed by atoms with Gasteiger partial charge in [0, 0.05) is 35.6 Å². The number of halogens is 1. The summed E-state index contributed by atoms with van der Waals surface area (Å²) in [4.78, 5) is 41.0. The highest BCUT2D eigenvalue weighted by Gasteiger charge is 2.33. The lowest BCUT2D eigenvalue weighted by molar-refractivity contribution is -0.133. The zero-order valence-electron chi connectivity index (χ0n) is 17.1. The average molecular weight is 450 g/mol. The summed E-state index contributed by atoms with van der Waals surface area (Å²) >= 11 is 7.54. The number of esters is 1. The number of likely N-dealkylation sites (N-methyl/N-ethyl adjacent to an activating group) is 1. The normalized spacial score (nSPS) is 16.3. The first-order valence-corrected chi connectivity index (χ1v) is 10.8. The van der Waals surface area contributed by atoms with E-state index in [1.54, 1.807) is 36.5 Å². The minimum Gasteiger partial charge on any atom is -0.465 e. The maximum Gasteiger partial charge on any atom is 0.341 e. The number of methoxy groups -OCH3 is 1. The minimum absolute atomic E-state index is 0.00678. The van der Waals surface area contributed by atoms with Crippen LogP contribution in [0.5, 0.6) is 0 Å². The number of nitrogens with zero attached hydrogens (tertiary/aromatic N) is 2. The van der Waals surface area contributed by atoms with Gasteiger partial charge in [0.05, 0.1) is 19.7 Å². The number of thiophene rings is 1. The van der Waals surface area contributed by atoms with E-state index in [-0.39, 0.29) is 30.0 Å². The van der Waals surface area contributed by atoms with E-state index in [9.17, 15) is 14.4 Å². The molecule has 0 aliphatic carbocycles. The van der Waals surface area contributed by atoms with Gasteiger partial charge in [0.25, 0.3) is 0 Å². The van der Waals surface area contributed by atoms with E-state index >= 15 is 0 Å². The topological polar surface area (TPSA) is 79.0 Å². The van der Waals surface area contributed by atoms with Gasteiger partial charge >= 0.3 is 5.97 Å². The van der Waals surface area contributed by atoms with Gasteiger partial charge in [-0.1, -0.05) is 29.8 Å². The Labute approximate surface area is 184 Å². The fourth-order valence-corrected chi connectivity index (χ4v) is 4.78. The molecular formula is C21H24ClN3O4S. The van der Waals surface area contributed by atoms with Gasteiger partial charge in [-0.2, -0.15) is 0 Å². The predicted molar refractivity (Wildman–Crippen MR) is 118 cm³/mol. The summed E-state index contributed by atoms with van der Waals surface area (Å²) in [5.74, 6) is -0.845. The molecule has 0 saturated carbocycles. The van der Waals surface area contributed by atoms with E-state index in [0.29, 0.717) is 27.7 Å². The van der Waals surface area contributed by atoms with Crippen molar-refractivity contribution < 1.29 is 19.1 Å². The molecule has 30 heavy (non-hydrogen) atoms. The number of anilines is 1. The van der Waals surface area contributed by atoms with Crippen molar-refractivity contribution in [3.05, 3.63) is 40.2 Å². The second-order valence-corrected chi connectivity index (χ2v) is 8.52. The Morgan fingerprint density at radius 3 is 2.67 bits per heavy atom. The first kappa shape index (κ1) is 22.3. The molecule has 1 aliphatic rings. The van der Waals surface area contributed by atoms with Crippen LogP contribution in [0.2, 0.25) is 5.02 Å². The van der Waals surface area contributed by atoms with Gasteiger partial charge in [0.2, 0.25) is 11.8 Å². The first-order chi connectivity index (χ1) is 14.3. The van der Waals surface area contributed by atoms with Crippen LogP contribution in [-0.4, -0.2) is 67.9 Å². The van der Waals surface area contributed by atoms with E-state index in [4.69, 9.17) is 16.3 Å². The molecule has 1 aliphatic heterocycles. The fraction of sp³-hybridized carbons (Fsp3) is 0.381. The standard InChI is InChI=1S/C21H24ClN3O4S/c1-24(2)20(27)16-9-6-10-25(16)11-17(26)23-19-18(21(28)29-3)14(12-30-19)13-7-4-5-8-15(13)22/h4-5,7-8,12,16H,6,9-11H2,1-3H3,(H,23,26)/t16-/m0/s1. The Balaban J connectivity index is 1.81. The molecule has 0 unspecified atom stereocenters. The SMILES string of the molecule is COC(=O)c1c(-c2ccccc2Cl)csc1NC(=O)CN1CCC[C@H]1C(=O)N(C)C. The van der Waals surface area contributed by atoms with Crippen molar-refractivity contribution in [3.8, 4) is 11.1 Å². The lowest BCUT2D eigenvalue weighted by Crippen LogP contribution is -2.45. The number of carbonyl (C=O) groups is 3. The molecule has 7 nitrogen and oxygen atoms in total. The lowest BCUT2D eigenvalue weighted by Gasteiger charge is -2.25. The van der Waals surface area contributed by atoms with Crippen LogP contribution in [0.1, 0.15) is 23.2 Å². The molecule has 1 aromatic carbocycles. The van der Waals surface area contributed by atoms with Crippen LogP contribution >= 0.6 is 22.9 Å². The number of nitrogens with one attached hydrogen (secondary N) is 1. The third-order valence-electron chi connectivity index (χ3n) is 5.03. The van der Waals surface area contributed by atoms with Crippen molar-refractivity contribution in [2.75, 3.05) is 39.6 Å². The van der Waals surface area contributed by atoms with Gasteiger partial charge in [-0.3, -0.25) is 14.5 Å². The van der Waals surface area contributed by atoms with Crippen molar-refractivity contribution in [2.24, 2.45) is 0 Å². The Bertz CT molecular complexity index is 959. The molecule has 1 atom stereocenters. The van der Waals surface area contributed by atoms with Crippen LogP contribution in [0.25, 0.3) is 11.1 Å². The van der Waals surface area contributed by atoms with Crippen LogP contribution in [0.15, 0.2) is 29.6 Å². The summed E-state index contributed by atoms with van der Waals surface area (Å²) in [5, 5.41) is 5.50. The van der Waals surface area contributed by atoms with Crippen LogP contribution in [0, 0.1) is 0 Å². The molecule has 0 radical (unpaired) electrons. The number of amides is 2. The number of likely N-dealkylation sites (tertiary alicyclic amines) is 1. The Morgan fingerprint density at radius 2 is 2.00 bits per heavy atom. The van der Waals surface area contributed by atoms with Gasteiger partial charge in [0.1, 0.15) is 10.6 Å². The summed E-state index contributed by atoms with van der Waals surface area (Å²) in [5.41, 5.74) is 1.56. The summed E-state index contributed by atoms with van der Waals surface area (Å²) in [6.45, 7) is 0.751. The highest BCUT2D eigenvalue weighted by atomic mass is 35.5. The summed E-state index contributed by atoms with van der Waals surface area (Å²) in [7, 11) is 4.72. The van der Waals surface area contributed by atoms with Crippen molar-refractivity contribution in [1.82, 2.24) is 9.80 Å². The lowest BCUT2D eigenvalue weighted by atomic mass is 10.0. The molecule has 9 heteroatoms. The number of ether oxygens (including phenoxy) is 1. The van der Waals surface area contributed by atoms with Gasteiger partial charge < -0.3 is 15.0 Å². The number of hydrogen-bond acceptors (Lipinski definition) is 6. The van der Waals surface area contributed by atoms with E-state index in [2.05, 4.69) is 5.32 Å². The molecule has 1 saturated heterocycles. The number of carbonyl (C=O) groups excluding carboxylic acids is 3. The first-order valence-electron chi connectivity index (χ1n) is 9.53. The number of rotatable bonds is 6. The maximum atomic E-state index is 12.7. The van der Waals surface area contributed by atoms with E-state index in [1.807, 2.05) is 17.0 Å². The molecule has 2 amide bonds. The number of hydrogen-bond donors (Lipinski definition) is 1. The Morgan fingerprint density at radius 1 is 1.27 bits per heavy atom. The highest BCUT2D eigenvalue weighted by Crippen LogP contribution is 2.39. The van der Waals surface area contributed by atoms with Gasteiger partial charge in [-0.25, -0.2) is 4.79 Å². The third-order valence-corrected chi connectivity index (χ3v) is 6.26. The molecular weight excluding hydrogens is 426 g/mol.